The molecule has 1 heterocycles. The van der Waals surface area contributed by atoms with Crippen LogP contribution in [0.5, 0.6) is 0 Å². The first-order chi connectivity index (χ1) is 9.80. The third-order valence-corrected chi connectivity index (χ3v) is 4.91. The summed E-state index contributed by atoms with van der Waals surface area (Å²) in [7, 11) is 0. The van der Waals surface area contributed by atoms with Crippen LogP contribution in [0.1, 0.15) is 60.3 Å². The Morgan fingerprint density at radius 3 is 2.48 bits per heavy atom. The van der Waals surface area contributed by atoms with Crippen molar-refractivity contribution in [1.29, 1.82) is 0 Å². The average molecular weight is 298 g/mol. The van der Waals surface area contributed by atoms with E-state index < -0.39 is 11.5 Å². The Bertz CT molecular complexity index is 331. The topological polar surface area (TPSA) is 52.6 Å². The minimum atomic E-state index is -0.759. The van der Waals surface area contributed by atoms with Crippen LogP contribution in [-0.2, 0) is 4.79 Å². The summed E-state index contributed by atoms with van der Waals surface area (Å²) in [4.78, 5) is 14.2. The zero-order chi connectivity index (χ0) is 16.0. The van der Waals surface area contributed by atoms with E-state index in [0.29, 0.717) is 12.8 Å². The lowest BCUT2D eigenvalue weighted by molar-refractivity contribution is -0.145. The van der Waals surface area contributed by atoms with E-state index in [1.165, 1.54) is 19.5 Å². The third kappa shape index (κ3) is 5.26. The van der Waals surface area contributed by atoms with Crippen LogP contribution in [0.25, 0.3) is 0 Å². The number of nitrogens with one attached hydrogen (secondary N) is 1. The zero-order valence-electron chi connectivity index (χ0n) is 14.5. The molecule has 124 valence electrons. The number of nitrogens with zero attached hydrogens (tertiary/aromatic N) is 1. The van der Waals surface area contributed by atoms with Crippen LogP contribution in [0.15, 0.2) is 0 Å². The summed E-state index contributed by atoms with van der Waals surface area (Å²) in [6.45, 7) is 14.0. The molecule has 1 aliphatic heterocycles. The van der Waals surface area contributed by atoms with Gasteiger partial charge in [0.1, 0.15) is 5.54 Å². The summed E-state index contributed by atoms with van der Waals surface area (Å²) in [6, 6.07) is 0.193. The van der Waals surface area contributed by atoms with Crippen molar-refractivity contribution in [2.24, 2.45) is 11.8 Å². The summed E-state index contributed by atoms with van der Waals surface area (Å²) in [5.74, 6) is 0.862. The zero-order valence-corrected chi connectivity index (χ0v) is 14.5. The molecule has 0 bridgehead atoms. The van der Waals surface area contributed by atoms with E-state index in [1.54, 1.807) is 0 Å². The van der Waals surface area contributed by atoms with Crippen LogP contribution >= 0.6 is 0 Å². The predicted octanol–water partition coefficient (Wildman–Crippen LogP) is 2.98. The van der Waals surface area contributed by atoms with E-state index in [4.69, 9.17) is 0 Å². The predicted molar refractivity (Wildman–Crippen MR) is 87.5 cm³/mol. The van der Waals surface area contributed by atoms with Gasteiger partial charge in [-0.15, -0.1) is 0 Å². The Labute approximate surface area is 130 Å². The molecular formula is C17H34N2O2. The molecule has 0 aromatic carbocycles. The lowest BCUT2D eigenvalue weighted by atomic mass is 9.89. The molecule has 4 nitrogen and oxygen atoms in total. The molecule has 1 aliphatic rings. The summed E-state index contributed by atoms with van der Waals surface area (Å²) in [6.07, 6.45) is 3.58. The largest absolute Gasteiger partial charge is 0.480 e. The van der Waals surface area contributed by atoms with E-state index in [0.717, 1.165) is 24.8 Å². The highest BCUT2D eigenvalue weighted by molar-refractivity contribution is 5.78. The maximum atomic E-state index is 11.7. The molecule has 21 heavy (non-hydrogen) atoms. The van der Waals surface area contributed by atoms with Crippen molar-refractivity contribution in [3.63, 3.8) is 0 Å². The van der Waals surface area contributed by atoms with E-state index in [-0.39, 0.29) is 6.04 Å². The lowest BCUT2D eigenvalue weighted by Crippen LogP contribution is -2.54. The van der Waals surface area contributed by atoms with Gasteiger partial charge in [0.25, 0.3) is 0 Å². The first kappa shape index (κ1) is 18.4. The number of hydrogen-bond donors (Lipinski definition) is 2. The number of likely N-dealkylation sites (tertiary alicyclic amines) is 1. The fourth-order valence-corrected chi connectivity index (χ4v) is 3.44. The minimum Gasteiger partial charge on any atom is -0.480 e. The van der Waals surface area contributed by atoms with Gasteiger partial charge in [-0.25, -0.2) is 0 Å². The van der Waals surface area contributed by atoms with Gasteiger partial charge >= 0.3 is 5.97 Å². The maximum absolute atomic E-state index is 11.7. The van der Waals surface area contributed by atoms with Crippen molar-refractivity contribution in [2.75, 3.05) is 19.6 Å². The number of aliphatic carboxylic acids is 1. The van der Waals surface area contributed by atoms with Gasteiger partial charge in [-0.3, -0.25) is 10.1 Å². The molecule has 0 aromatic heterocycles. The molecule has 2 unspecified atom stereocenters. The number of carboxylic acids is 1. The fourth-order valence-electron chi connectivity index (χ4n) is 3.44. The molecule has 0 spiro atoms. The summed E-state index contributed by atoms with van der Waals surface area (Å²) >= 11 is 0. The summed E-state index contributed by atoms with van der Waals surface area (Å²) in [5.41, 5.74) is -0.759. The van der Waals surface area contributed by atoms with Crippen molar-refractivity contribution in [1.82, 2.24) is 10.2 Å². The standard InChI is InChI=1S/C17H34N2O2/c1-6-17(16(20)21,18-14(4)5)9-7-10-19-11-8-15(12-19)13(2)3/h13-15,18H,6-12H2,1-5H3,(H,20,21). The Morgan fingerprint density at radius 2 is 2.05 bits per heavy atom. The highest BCUT2D eigenvalue weighted by Gasteiger charge is 2.36. The third-order valence-electron chi connectivity index (χ3n) is 4.91. The second kappa shape index (κ2) is 8.14. The molecule has 0 aromatic rings. The fraction of sp³-hybridized carbons (Fsp3) is 0.941. The lowest BCUT2D eigenvalue weighted by Gasteiger charge is -2.32. The van der Waals surface area contributed by atoms with Gasteiger partial charge in [-0.1, -0.05) is 20.8 Å². The highest BCUT2D eigenvalue weighted by Crippen LogP contribution is 2.25. The summed E-state index contributed by atoms with van der Waals surface area (Å²) < 4.78 is 0. The first-order valence-corrected chi connectivity index (χ1v) is 8.54. The Hall–Kier alpha value is -0.610. The van der Waals surface area contributed by atoms with Gasteiger partial charge < -0.3 is 10.0 Å². The van der Waals surface area contributed by atoms with Crippen molar-refractivity contribution >= 4 is 5.97 Å². The molecular weight excluding hydrogens is 264 g/mol. The van der Waals surface area contributed by atoms with Crippen molar-refractivity contribution in [3.05, 3.63) is 0 Å². The van der Waals surface area contributed by atoms with Crippen molar-refractivity contribution in [2.45, 2.75) is 71.9 Å². The molecule has 0 saturated carbocycles. The first-order valence-electron chi connectivity index (χ1n) is 8.54. The Balaban J connectivity index is 2.46. The van der Waals surface area contributed by atoms with Gasteiger partial charge in [-0.2, -0.15) is 0 Å². The van der Waals surface area contributed by atoms with Gasteiger partial charge in [0.15, 0.2) is 0 Å². The van der Waals surface area contributed by atoms with Crippen LogP contribution in [0.4, 0.5) is 0 Å². The SMILES string of the molecule is CCC(CCCN1CCC(C(C)C)C1)(NC(C)C)C(=O)O. The summed E-state index contributed by atoms with van der Waals surface area (Å²) in [5, 5.41) is 12.9. The average Bonchev–Trinajstić information content (AvgIpc) is 2.85. The highest BCUT2D eigenvalue weighted by atomic mass is 16.4. The van der Waals surface area contributed by atoms with E-state index in [2.05, 4.69) is 24.1 Å². The number of hydrogen-bond acceptors (Lipinski definition) is 3. The monoisotopic (exact) mass is 298 g/mol. The molecule has 1 saturated heterocycles. The molecule has 0 radical (unpaired) electrons. The molecule has 1 fully saturated rings. The van der Waals surface area contributed by atoms with Crippen LogP contribution in [0.3, 0.4) is 0 Å². The smallest absolute Gasteiger partial charge is 0.323 e. The van der Waals surface area contributed by atoms with Gasteiger partial charge in [-0.05, 0) is 64.5 Å². The van der Waals surface area contributed by atoms with Gasteiger partial charge in [0.2, 0.25) is 0 Å². The van der Waals surface area contributed by atoms with Crippen LogP contribution < -0.4 is 5.32 Å². The van der Waals surface area contributed by atoms with E-state index in [1.807, 2.05) is 20.8 Å². The van der Waals surface area contributed by atoms with Gasteiger partial charge in [0.05, 0.1) is 0 Å². The van der Waals surface area contributed by atoms with Crippen molar-refractivity contribution < 1.29 is 9.90 Å². The molecule has 0 aliphatic carbocycles. The van der Waals surface area contributed by atoms with E-state index in [9.17, 15) is 9.90 Å². The van der Waals surface area contributed by atoms with Gasteiger partial charge in [0, 0.05) is 12.6 Å². The molecule has 2 N–H and O–H groups in total. The van der Waals surface area contributed by atoms with E-state index >= 15 is 0 Å². The molecule has 0 amide bonds. The number of carboxylic acid groups (broad SMARTS) is 1. The minimum absolute atomic E-state index is 0.193. The molecule has 4 heteroatoms. The number of carbonyl (C=O) groups is 1. The molecule has 2 atom stereocenters. The normalized spacial score (nSPS) is 22.9. The maximum Gasteiger partial charge on any atom is 0.323 e. The Kier molecular flexibility index (Phi) is 7.14. The van der Waals surface area contributed by atoms with Crippen LogP contribution in [0.2, 0.25) is 0 Å². The number of rotatable bonds is 9. The van der Waals surface area contributed by atoms with Crippen LogP contribution in [0, 0.1) is 11.8 Å². The Morgan fingerprint density at radius 1 is 1.38 bits per heavy atom. The van der Waals surface area contributed by atoms with Crippen LogP contribution in [-0.4, -0.2) is 47.2 Å². The second-order valence-corrected chi connectivity index (χ2v) is 7.24. The second-order valence-electron chi connectivity index (χ2n) is 7.24. The quantitative estimate of drug-likeness (QED) is 0.687. The van der Waals surface area contributed by atoms with Crippen molar-refractivity contribution in [3.8, 4) is 0 Å². The molecule has 1 rings (SSSR count).